The van der Waals surface area contributed by atoms with E-state index in [4.69, 9.17) is 4.74 Å². The Balaban J connectivity index is 1.36. The van der Waals surface area contributed by atoms with Gasteiger partial charge in [-0.25, -0.2) is 8.78 Å². The van der Waals surface area contributed by atoms with Crippen LogP contribution in [0.1, 0.15) is 64.2 Å². The minimum Gasteiger partial charge on any atom is -0.493 e. The van der Waals surface area contributed by atoms with Crippen molar-refractivity contribution in [1.29, 1.82) is 0 Å². The van der Waals surface area contributed by atoms with E-state index in [1.54, 1.807) is 0 Å². The fourth-order valence-electron chi connectivity index (χ4n) is 4.91. The maximum atomic E-state index is 13.2. The van der Waals surface area contributed by atoms with E-state index in [0.717, 1.165) is 29.9 Å². The number of halogens is 2. The molecule has 0 bridgehead atoms. The van der Waals surface area contributed by atoms with Crippen LogP contribution in [-0.2, 0) is 0 Å². The summed E-state index contributed by atoms with van der Waals surface area (Å²) in [6.07, 6.45) is 15.1. The summed E-state index contributed by atoms with van der Waals surface area (Å²) in [5, 5.41) is 0. The van der Waals surface area contributed by atoms with Gasteiger partial charge >= 0.3 is 0 Å². The monoisotopic (exact) mass is 362 g/mol. The second-order valence-electron chi connectivity index (χ2n) is 8.31. The molecule has 0 N–H and O–H groups in total. The Morgan fingerprint density at radius 3 is 2.08 bits per heavy atom. The van der Waals surface area contributed by atoms with E-state index < -0.39 is 11.6 Å². The number of allylic oxidation sites excluding steroid dienone is 1. The Kier molecular flexibility index (Phi) is 7.10. The van der Waals surface area contributed by atoms with Crippen molar-refractivity contribution in [3.63, 3.8) is 0 Å². The first-order chi connectivity index (χ1) is 12.7. The van der Waals surface area contributed by atoms with Crippen LogP contribution in [0.4, 0.5) is 8.78 Å². The van der Waals surface area contributed by atoms with Crippen molar-refractivity contribution in [2.75, 3.05) is 6.61 Å². The van der Waals surface area contributed by atoms with Crippen LogP contribution < -0.4 is 4.74 Å². The third kappa shape index (κ3) is 5.31. The molecule has 1 aromatic carbocycles. The molecule has 2 aliphatic rings. The summed E-state index contributed by atoms with van der Waals surface area (Å²) < 4.78 is 31.9. The normalized spacial score (nSPS) is 29.3. The van der Waals surface area contributed by atoms with Crippen LogP contribution in [0, 0.1) is 35.3 Å². The summed E-state index contributed by atoms with van der Waals surface area (Å²) in [6.45, 7) is 4.45. The maximum Gasteiger partial charge on any atom is 0.162 e. The van der Waals surface area contributed by atoms with E-state index in [1.807, 2.05) is 0 Å². The van der Waals surface area contributed by atoms with Gasteiger partial charge in [-0.2, -0.15) is 0 Å². The first-order valence-electron chi connectivity index (χ1n) is 10.3. The van der Waals surface area contributed by atoms with Crippen molar-refractivity contribution in [3.8, 4) is 5.75 Å². The lowest BCUT2D eigenvalue weighted by molar-refractivity contribution is 0.122. The molecule has 0 spiro atoms. The standard InChI is InChI=1S/C23H32F2O/c1-2-3-4-17-5-9-19(10-6-17)20-11-7-18(8-12-20)16-26-21-13-14-22(24)23(25)15-21/h2,13-15,17-20H,1,3-12,16H2. The van der Waals surface area contributed by atoms with Crippen molar-refractivity contribution < 1.29 is 13.5 Å². The SMILES string of the molecule is C=CCCC1CCC(C2CCC(COc3ccc(F)c(F)c3)CC2)CC1. The zero-order chi connectivity index (χ0) is 18.4. The van der Waals surface area contributed by atoms with E-state index in [0.29, 0.717) is 18.3 Å². The summed E-state index contributed by atoms with van der Waals surface area (Å²) in [7, 11) is 0. The van der Waals surface area contributed by atoms with Gasteiger partial charge in [0.25, 0.3) is 0 Å². The molecular formula is C23H32F2O. The molecule has 26 heavy (non-hydrogen) atoms. The number of hydrogen-bond donors (Lipinski definition) is 0. The van der Waals surface area contributed by atoms with Crippen LogP contribution in [0.5, 0.6) is 5.75 Å². The van der Waals surface area contributed by atoms with Gasteiger partial charge in [-0.05, 0) is 87.2 Å². The van der Waals surface area contributed by atoms with E-state index in [-0.39, 0.29) is 0 Å². The van der Waals surface area contributed by atoms with E-state index in [1.165, 1.54) is 70.3 Å². The van der Waals surface area contributed by atoms with Crippen LogP contribution in [0.15, 0.2) is 30.9 Å². The van der Waals surface area contributed by atoms with Crippen molar-refractivity contribution in [1.82, 2.24) is 0 Å². The van der Waals surface area contributed by atoms with Gasteiger partial charge in [-0.1, -0.05) is 18.9 Å². The maximum absolute atomic E-state index is 13.2. The topological polar surface area (TPSA) is 9.23 Å². The summed E-state index contributed by atoms with van der Waals surface area (Å²) in [4.78, 5) is 0. The molecule has 0 atom stereocenters. The molecule has 2 aliphatic carbocycles. The zero-order valence-corrected chi connectivity index (χ0v) is 15.8. The van der Waals surface area contributed by atoms with Gasteiger partial charge in [0.1, 0.15) is 5.75 Å². The van der Waals surface area contributed by atoms with Crippen LogP contribution in [0.2, 0.25) is 0 Å². The summed E-state index contributed by atoms with van der Waals surface area (Å²) >= 11 is 0. The quantitative estimate of drug-likeness (QED) is 0.478. The molecule has 0 unspecified atom stereocenters. The number of rotatable bonds is 7. The van der Waals surface area contributed by atoms with Crippen molar-refractivity contribution in [2.24, 2.45) is 23.7 Å². The smallest absolute Gasteiger partial charge is 0.162 e. The second-order valence-corrected chi connectivity index (χ2v) is 8.31. The molecule has 144 valence electrons. The van der Waals surface area contributed by atoms with Crippen LogP contribution in [0.3, 0.4) is 0 Å². The van der Waals surface area contributed by atoms with Crippen LogP contribution in [0.25, 0.3) is 0 Å². The van der Waals surface area contributed by atoms with Gasteiger partial charge in [-0.15, -0.1) is 6.58 Å². The lowest BCUT2D eigenvalue weighted by atomic mass is 9.69. The first kappa shape index (κ1) is 19.4. The molecule has 0 saturated heterocycles. The number of hydrogen-bond acceptors (Lipinski definition) is 1. The molecular weight excluding hydrogens is 330 g/mol. The number of benzene rings is 1. The van der Waals surface area contributed by atoms with E-state index in [2.05, 4.69) is 12.7 Å². The fraction of sp³-hybridized carbons (Fsp3) is 0.652. The van der Waals surface area contributed by atoms with Crippen molar-refractivity contribution in [3.05, 3.63) is 42.5 Å². The molecule has 1 nitrogen and oxygen atoms in total. The third-order valence-electron chi connectivity index (χ3n) is 6.61. The predicted octanol–water partition coefficient (Wildman–Crippen LogP) is 6.92. The molecule has 0 aromatic heterocycles. The molecule has 0 radical (unpaired) electrons. The van der Waals surface area contributed by atoms with Gasteiger partial charge in [0.05, 0.1) is 6.61 Å². The molecule has 3 heteroatoms. The molecule has 0 aliphatic heterocycles. The fourth-order valence-corrected chi connectivity index (χ4v) is 4.91. The lowest BCUT2D eigenvalue weighted by Gasteiger charge is -2.37. The van der Waals surface area contributed by atoms with E-state index in [9.17, 15) is 8.78 Å². The highest BCUT2D eigenvalue weighted by Gasteiger charge is 2.30. The highest BCUT2D eigenvalue weighted by Crippen LogP contribution is 2.42. The predicted molar refractivity (Wildman–Crippen MR) is 102 cm³/mol. The highest BCUT2D eigenvalue weighted by atomic mass is 19.2. The van der Waals surface area contributed by atoms with Gasteiger partial charge in [-0.3, -0.25) is 0 Å². The largest absolute Gasteiger partial charge is 0.493 e. The lowest BCUT2D eigenvalue weighted by Crippen LogP contribution is -2.27. The Morgan fingerprint density at radius 2 is 1.50 bits per heavy atom. The average Bonchev–Trinajstić information content (AvgIpc) is 2.68. The first-order valence-corrected chi connectivity index (χ1v) is 10.3. The minimum absolute atomic E-state index is 0.434. The van der Waals surface area contributed by atoms with Crippen molar-refractivity contribution >= 4 is 0 Å². The van der Waals surface area contributed by atoms with Gasteiger partial charge < -0.3 is 4.74 Å². The Bertz CT molecular complexity index is 570. The molecule has 2 saturated carbocycles. The molecule has 0 amide bonds. The molecule has 1 aromatic rings. The second kappa shape index (κ2) is 9.53. The van der Waals surface area contributed by atoms with Crippen LogP contribution in [-0.4, -0.2) is 6.61 Å². The zero-order valence-electron chi connectivity index (χ0n) is 15.8. The van der Waals surface area contributed by atoms with Gasteiger partial charge in [0.15, 0.2) is 11.6 Å². The Morgan fingerprint density at radius 1 is 0.885 bits per heavy atom. The van der Waals surface area contributed by atoms with E-state index >= 15 is 0 Å². The van der Waals surface area contributed by atoms with Gasteiger partial charge in [0.2, 0.25) is 0 Å². The molecule has 0 heterocycles. The summed E-state index contributed by atoms with van der Waals surface area (Å²) in [5.41, 5.74) is 0. The molecule has 2 fully saturated rings. The molecule has 3 rings (SSSR count). The third-order valence-corrected chi connectivity index (χ3v) is 6.61. The van der Waals surface area contributed by atoms with Crippen molar-refractivity contribution in [2.45, 2.75) is 64.2 Å². The minimum atomic E-state index is -0.838. The Labute approximate surface area is 156 Å². The average molecular weight is 363 g/mol. The Hall–Kier alpha value is -1.38. The van der Waals surface area contributed by atoms with Gasteiger partial charge in [0, 0.05) is 6.07 Å². The number of ether oxygens (including phenoxy) is 1. The summed E-state index contributed by atoms with van der Waals surface area (Å²) in [5.74, 6) is 2.04. The van der Waals surface area contributed by atoms with Crippen LogP contribution >= 0.6 is 0 Å². The highest BCUT2D eigenvalue weighted by molar-refractivity contribution is 5.23. The summed E-state index contributed by atoms with van der Waals surface area (Å²) in [6, 6.07) is 3.79.